The van der Waals surface area contributed by atoms with Crippen molar-refractivity contribution >= 4 is 21.8 Å². The summed E-state index contributed by atoms with van der Waals surface area (Å²) >= 11 is 3.34. The lowest BCUT2D eigenvalue weighted by molar-refractivity contribution is 0.0934. The molecule has 0 fully saturated rings. The van der Waals surface area contributed by atoms with Gasteiger partial charge in [0.2, 0.25) is 0 Å². The van der Waals surface area contributed by atoms with Crippen LogP contribution in [0.5, 0.6) is 0 Å². The van der Waals surface area contributed by atoms with Crippen molar-refractivity contribution in [1.29, 1.82) is 0 Å². The van der Waals surface area contributed by atoms with Gasteiger partial charge < -0.3 is 5.32 Å². The van der Waals surface area contributed by atoms with Gasteiger partial charge in [0, 0.05) is 4.47 Å². The molecule has 2 aromatic rings. The van der Waals surface area contributed by atoms with Crippen molar-refractivity contribution in [3.63, 3.8) is 0 Å². The third-order valence-corrected chi connectivity index (χ3v) is 3.39. The minimum Gasteiger partial charge on any atom is -0.345 e. The molecule has 20 heavy (non-hydrogen) atoms. The molecular weight excluding hydrogens is 328 g/mol. The maximum atomic E-state index is 13.5. The van der Waals surface area contributed by atoms with Crippen molar-refractivity contribution in [3.8, 4) is 0 Å². The molecule has 0 heterocycles. The second-order valence-electron chi connectivity index (χ2n) is 4.35. The number of carbonyl (C=O) groups excluding carboxylic acids is 1. The molecule has 0 aromatic heterocycles. The highest BCUT2D eigenvalue weighted by atomic mass is 79.9. The molecule has 0 saturated heterocycles. The van der Waals surface area contributed by atoms with Crippen LogP contribution < -0.4 is 5.32 Å². The third kappa shape index (κ3) is 3.22. The van der Waals surface area contributed by atoms with Crippen LogP contribution in [0.15, 0.2) is 46.9 Å². The van der Waals surface area contributed by atoms with Gasteiger partial charge in [0.05, 0.1) is 11.6 Å². The first-order valence-corrected chi connectivity index (χ1v) is 6.78. The lowest BCUT2D eigenvalue weighted by Gasteiger charge is -2.15. The Morgan fingerprint density at radius 2 is 1.90 bits per heavy atom. The highest BCUT2D eigenvalue weighted by Crippen LogP contribution is 2.19. The van der Waals surface area contributed by atoms with E-state index in [-0.39, 0.29) is 11.6 Å². The number of benzene rings is 2. The van der Waals surface area contributed by atoms with Gasteiger partial charge in [-0.1, -0.05) is 34.1 Å². The van der Waals surface area contributed by atoms with Crippen molar-refractivity contribution in [2.45, 2.75) is 13.0 Å². The van der Waals surface area contributed by atoms with Gasteiger partial charge in [-0.05, 0) is 36.8 Å². The normalized spacial score (nSPS) is 12.0. The predicted octanol–water partition coefficient (Wildman–Crippen LogP) is 4.22. The Morgan fingerprint density at radius 3 is 2.60 bits per heavy atom. The van der Waals surface area contributed by atoms with E-state index in [1.54, 1.807) is 6.92 Å². The Bertz CT molecular complexity index is 646. The Balaban J connectivity index is 2.17. The van der Waals surface area contributed by atoms with Crippen LogP contribution in [0.4, 0.5) is 8.78 Å². The maximum Gasteiger partial charge on any atom is 0.254 e. The molecule has 104 valence electrons. The summed E-state index contributed by atoms with van der Waals surface area (Å²) in [5, 5.41) is 2.64. The van der Waals surface area contributed by atoms with Gasteiger partial charge in [0.1, 0.15) is 0 Å². The summed E-state index contributed by atoms with van der Waals surface area (Å²) < 4.78 is 27.5. The molecule has 0 aliphatic carbocycles. The topological polar surface area (TPSA) is 29.1 Å². The number of carbonyl (C=O) groups is 1. The molecule has 0 spiro atoms. The van der Waals surface area contributed by atoms with E-state index in [0.717, 1.165) is 16.1 Å². The molecule has 0 aliphatic rings. The van der Waals surface area contributed by atoms with Gasteiger partial charge in [0.25, 0.3) is 5.91 Å². The van der Waals surface area contributed by atoms with E-state index < -0.39 is 17.5 Å². The van der Waals surface area contributed by atoms with Gasteiger partial charge in [-0.3, -0.25) is 4.79 Å². The summed E-state index contributed by atoms with van der Waals surface area (Å²) in [5.41, 5.74) is 0.566. The molecule has 0 bridgehead atoms. The van der Waals surface area contributed by atoms with Crippen molar-refractivity contribution < 1.29 is 13.6 Å². The van der Waals surface area contributed by atoms with Crippen LogP contribution in [0.1, 0.15) is 28.9 Å². The smallest absolute Gasteiger partial charge is 0.254 e. The van der Waals surface area contributed by atoms with Crippen molar-refractivity contribution in [2.24, 2.45) is 0 Å². The van der Waals surface area contributed by atoms with Gasteiger partial charge in [-0.25, -0.2) is 8.78 Å². The number of hydrogen-bond donors (Lipinski definition) is 1. The molecule has 1 N–H and O–H groups in total. The molecule has 2 aromatic carbocycles. The quantitative estimate of drug-likeness (QED) is 0.891. The van der Waals surface area contributed by atoms with E-state index >= 15 is 0 Å². The van der Waals surface area contributed by atoms with E-state index in [4.69, 9.17) is 0 Å². The fraction of sp³-hybridized carbons (Fsp3) is 0.133. The lowest BCUT2D eigenvalue weighted by atomic mass is 10.1. The monoisotopic (exact) mass is 339 g/mol. The zero-order valence-corrected chi connectivity index (χ0v) is 12.2. The van der Waals surface area contributed by atoms with Crippen molar-refractivity contribution in [3.05, 3.63) is 69.7 Å². The van der Waals surface area contributed by atoms with Crippen LogP contribution in [-0.2, 0) is 0 Å². The van der Waals surface area contributed by atoms with E-state index in [2.05, 4.69) is 21.2 Å². The molecule has 0 saturated carbocycles. The van der Waals surface area contributed by atoms with Crippen molar-refractivity contribution in [1.82, 2.24) is 5.32 Å². The summed E-state index contributed by atoms with van der Waals surface area (Å²) in [5.74, 6) is -2.81. The molecule has 5 heteroatoms. The van der Waals surface area contributed by atoms with Gasteiger partial charge in [-0.2, -0.15) is 0 Å². The predicted molar refractivity (Wildman–Crippen MR) is 76.4 cm³/mol. The lowest BCUT2D eigenvalue weighted by Crippen LogP contribution is -2.27. The summed E-state index contributed by atoms with van der Waals surface area (Å²) in [4.78, 5) is 12.0. The van der Waals surface area contributed by atoms with E-state index in [9.17, 15) is 13.6 Å². The fourth-order valence-corrected chi connectivity index (χ4v) is 2.23. The largest absolute Gasteiger partial charge is 0.345 e. The zero-order chi connectivity index (χ0) is 14.7. The minimum atomic E-state index is -1.13. The third-order valence-electron chi connectivity index (χ3n) is 2.89. The van der Waals surface area contributed by atoms with E-state index in [1.165, 1.54) is 12.1 Å². The van der Waals surface area contributed by atoms with Crippen LogP contribution in [-0.4, -0.2) is 5.91 Å². The van der Waals surface area contributed by atoms with Gasteiger partial charge in [-0.15, -0.1) is 0 Å². The number of halogens is 3. The highest BCUT2D eigenvalue weighted by Gasteiger charge is 2.17. The minimum absolute atomic E-state index is 0.299. The van der Waals surface area contributed by atoms with Crippen molar-refractivity contribution in [2.75, 3.05) is 0 Å². The Labute approximate surface area is 123 Å². The van der Waals surface area contributed by atoms with E-state index in [1.807, 2.05) is 24.3 Å². The maximum absolute atomic E-state index is 13.5. The van der Waals surface area contributed by atoms with Crippen LogP contribution in [0.25, 0.3) is 0 Å². The first-order valence-electron chi connectivity index (χ1n) is 5.99. The SMILES string of the molecule is CC(NC(=O)c1cccc(F)c1F)c1cccc(Br)c1. The second kappa shape index (κ2) is 6.13. The zero-order valence-electron chi connectivity index (χ0n) is 10.7. The van der Waals surface area contributed by atoms with Crippen LogP contribution in [0, 0.1) is 11.6 Å². The summed E-state index contributed by atoms with van der Waals surface area (Å²) in [7, 11) is 0. The molecule has 1 atom stereocenters. The Morgan fingerprint density at radius 1 is 1.20 bits per heavy atom. The molecular formula is C15H12BrF2NO. The second-order valence-corrected chi connectivity index (χ2v) is 5.27. The van der Waals surface area contributed by atoms with Gasteiger partial charge in [0.15, 0.2) is 11.6 Å². The highest BCUT2D eigenvalue weighted by molar-refractivity contribution is 9.10. The Hall–Kier alpha value is -1.75. The fourth-order valence-electron chi connectivity index (χ4n) is 1.81. The summed E-state index contributed by atoms with van der Waals surface area (Å²) in [6.07, 6.45) is 0. The van der Waals surface area contributed by atoms with Crippen LogP contribution in [0.3, 0.4) is 0 Å². The number of hydrogen-bond acceptors (Lipinski definition) is 1. The standard InChI is InChI=1S/C15H12BrF2NO/c1-9(10-4-2-5-11(16)8-10)19-15(20)12-6-3-7-13(17)14(12)18/h2-9H,1H3,(H,19,20). The van der Waals surface area contributed by atoms with Gasteiger partial charge >= 0.3 is 0 Å². The molecule has 0 radical (unpaired) electrons. The first kappa shape index (κ1) is 14.7. The number of nitrogens with one attached hydrogen (secondary N) is 1. The summed E-state index contributed by atoms with van der Waals surface area (Å²) in [6.45, 7) is 1.77. The number of amides is 1. The molecule has 1 amide bonds. The average molecular weight is 340 g/mol. The van der Waals surface area contributed by atoms with Crippen LogP contribution in [0.2, 0.25) is 0 Å². The first-order chi connectivity index (χ1) is 9.49. The summed E-state index contributed by atoms with van der Waals surface area (Å²) in [6, 6.07) is 10.6. The molecule has 1 unspecified atom stereocenters. The molecule has 2 nitrogen and oxygen atoms in total. The molecule has 0 aliphatic heterocycles. The van der Waals surface area contributed by atoms with E-state index in [0.29, 0.717) is 0 Å². The molecule has 2 rings (SSSR count). The number of rotatable bonds is 3. The Kier molecular flexibility index (Phi) is 4.49. The average Bonchev–Trinajstić information content (AvgIpc) is 2.41. The van der Waals surface area contributed by atoms with Crippen LogP contribution >= 0.6 is 15.9 Å².